The van der Waals surface area contributed by atoms with E-state index in [1.54, 1.807) is 18.6 Å². The monoisotopic (exact) mass is 438 g/mol. The fourth-order valence-corrected chi connectivity index (χ4v) is 7.47. The SMILES string of the molecule is CC1(C)OC(=O)C=C[C@]2(C)[C@@H]3CC[C@]4(C)C(=CC(=O)O[C@H]4c4ccoc4)[C@]3(C)C(=O)C[C@@H]12. The van der Waals surface area contributed by atoms with Crippen LogP contribution in [0.3, 0.4) is 0 Å². The fourth-order valence-electron chi connectivity index (χ4n) is 7.47. The Morgan fingerprint density at radius 3 is 2.44 bits per heavy atom. The first-order valence-electron chi connectivity index (χ1n) is 11.3. The quantitative estimate of drug-likeness (QED) is 0.591. The van der Waals surface area contributed by atoms with E-state index >= 15 is 0 Å². The lowest BCUT2D eigenvalue weighted by Crippen LogP contribution is -2.62. The highest BCUT2D eigenvalue weighted by Gasteiger charge is 2.67. The molecule has 0 unspecified atom stereocenters. The molecule has 0 N–H and O–H groups in total. The summed E-state index contributed by atoms with van der Waals surface area (Å²) in [6, 6.07) is 1.82. The molecule has 32 heavy (non-hydrogen) atoms. The van der Waals surface area contributed by atoms with E-state index in [1.807, 2.05) is 32.9 Å². The second-order valence-electron chi connectivity index (χ2n) is 11.0. The zero-order valence-corrected chi connectivity index (χ0v) is 19.3. The molecule has 2 aliphatic heterocycles. The second-order valence-corrected chi connectivity index (χ2v) is 11.0. The van der Waals surface area contributed by atoms with Gasteiger partial charge >= 0.3 is 11.9 Å². The van der Waals surface area contributed by atoms with Gasteiger partial charge in [0, 0.05) is 35.5 Å². The van der Waals surface area contributed by atoms with E-state index in [2.05, 4.69) is 13.8 Å². The van der Waals surface area contributed by atoms with Crippen LogP contribution >= 0.6 is 0 Å². The summed E-state index contributed by atoms with van der Waals surface area (Å²) >= 11 is 0. The van der Waals surface area contributed by atoms with Crippen LogP contribution < -0.4 is 0 Å². The number of ether oxygens (including phenoxy) is 2. The highest BCUT2D eigenvalue weighted by molar-refractivity contribution is 5.94. The Bertz CT molecular complexity index is 1060. The molecule has 0 spiro atoms. The lowest BCUT2D eigenvalue weighted by molar-refractivity contribution is -0.179. The number of ketones is 1. The van der Waals surface area contributed by atoms with Crippen molar-refractivity contribution in [1.82, 2.24) is 0 Å². The largest absolute Gasteiger partial charge is 0.472 e. The normalized spacial score (nSPS) is 42.6. The van der Waals surface area contributed by atoms with Crippen LogP contribution in [-0.4, -0.2) is 23.3 Å². The Kier molecular flexibility index (Phi) is 4.28. The van der Waals surface area contributed by atoms with Gasteiger partial charge in [0.1, 0.15) is 17.5 Å². The number of hydrogen-bond acceptors (Lipinski definition) is 6. The number of esters is 2. The third-order valence-electron chi connectivity index (χ3n) is 9.00. The average molecular weight is 439 g/mol. The summed E-state index contributed by atoms with van der Waals surface area (Å²) in [5, 5.41) is 0. The van der Waals surface area contributed by atoms with Crippen LogP contribution in [0.4, 0.5) is 0 Å². The van der Waals surface area contributed by atoms with Gasteiger partial charge in [-0.2, -0.15) is 0 Å². The van der Waals surface area contributed by atoms with Crippen LogP contribution in [0.2, 0.25) is 0 Å². The number of allylic oxidation sites excluding steroid dienone is 1. The fraction of sp³-hybridized carbons (Fsp3) is 0.577. The van der Waals surface area contributed by atoms with Crippen LogP contribution in [0.25, 0.3) is 0 Å². The van der Waals surface area contributed by atoms with Gasteiger partial charge in [-0.1, -0.05) is 19.9 Å². The average Bonchev–Trinajstić information content (AvgIpc) is 3.21. The van der Waals surface area contributed by atoms with Crippen LogP contribution in [0.5, 0.6) is 0 Å². The smallest absolute Gasteiger partial charge is 0.331 e. The van der Waals surface area contributed by atoms with E-state index < -0.39 is 33.9 Å². The van der Waals surface area contributed by atoms with Crippen molar-refractivity contribution in [3.63, 3.8) is 0 Å². The predicted octanol–water partition coefficient (Wildman–Crippen LogP) is 4.71. The third kappa shape index (κ3) is 2.61. The molecule has 0 bridgehead atoms. The maximum absolute atomic E-state index is 13.9. The number of Topliss-reactive ketones (excluding diaryl/α,β-unsaturated/α-hetero) is 1. The maximum Gasteiger partial charge on any atom is 0.331 e. The highest BCUT2D eigenvalue weighted by Crippen LogP contribution is 2.69. The van der Waals surface area contributed by atoms with E-state index in [0.717, 1.165) is 24.0 Å². The Morgan fingerprint density at radius 2 is 1.75 bits per heavy atom. The zero-order valence-electron chi connectivity index (χ0n) is 19.3. The predicted molar refractivity (Wildman–Crippen MR) is 115 cm³/mol. The van der Waals surface area contributed by atoms with Gasteiger partial charge in [-0.05, 0) is 56.6 Å². The molecule has 0 amide bonds. The Balaban J connectivity index is 1.67. The number of hydrogen-bond donors (Lipinski definition) is 0. The molecule has 170 valence electrons. The van der Waals surface area contributed by atoms with Crippen molar-refractivity contribution in [2.75, 3.05) is 0 Å². The van der Waals surface area contributed by atoms with Gasteiger partial charge < -0.3 is 13.9 Å². The minimum atomic E-state index is -0.840. The molecule has 1 aromatic heterocycles. The first kappa shape index (κ1) is 21.2. The van der Waals surface area contributed by atoms with Gasteiger partial charge in [0.05, 0.1) is 17.9 Å². The van der Waals surface area contributed by atoms with Crippen LogP contribution in [0.15, 0.2) is 46.8 Å². The number of carbonyl (C=O) groups excluding carboxylic acids is 3. The summed E-state index contributed by atoms with van der Waals surface area (Å²) in [4.78, 5) is 39.0. The van der Waals surface area contributed by atoms with Crippen molar-refractivity contribution in [3.8, 4) is 0 Å². The first-order chi connectivity index (χ1) is 14.9. The van der Waals surface area contributed by atoms with E-state index in [9.17, 15) is 14.4 Å². The van der Waals surface area contributed by atoms with Gasteiger partial charge in [-0.25, -0.2) is 9.59 Å². The van der Waals surface area contributed by atoms with E-state index in [-0.39, 0.29) is 30.0 Å². The van der Waals surface area contributed by atoms with Crippen molar-refractivity contribution in [2.24, 2.45) is 28.1 Å². The molecule has 4 aliphatic rings. The summed E-state index contributed by atoms with van der Waals surface area (Å²) in [6.07, 6.45) is 9.52. The van der Waals surface area contributed by atoms with E-state index in [1.165, 1.54) is 6.08 Å². The van der Waals surface area contributed by atoms with E-state index in [4.69, 9.17) is 13.9 Å². The van der Waals surface area contributed by atoms with Crippen molar-refractivity contribution in [1.29, 1.82) is 0 Å². The minimum absolute atomic E-state index is 0.0681. The third-order valence-corrected chi connectivity index (χ3v) is 9.00. The van der Waals surface area contributed by atoms with Gasteiger partial charge in [-0.3, -0.25) is 4.79 Å². The number of fused-ring (bicyclic) bond motifs is 5. The van der Waals surface area contributed by atoms with Gasteiger partial charge in [0.15, 0.2) is 0 Å². The molecule has 2 aliphatic carbocycles. The molecule has 2 fully saturated rings. The molecule has 0 saturated heterocycles. The summed E-state index contributed by atoms with van der Waals surface area (Å²) in [6.45, 7) is 10.0. The van der Waals surface area contributed by atoms with Crippen molar-refractivity contribution < 1.29 is 28.3 Å². The Labute approximate surface area is 188 Å². The summed E-state index contributed by atoms with van der Waals surface area (Å²) < 4.78 is 16.8. The van der Waals surface area contributed by atoms with Gasteiger partial charge in [-0.15, -0.1) is 0 Å². The number of carbonyl (C=O) groups is 3. The molecule has 0 radical (unpaired) electrons. The minimum Gasteiger partial charge on any atom is -0.472 e. The van der Waals surface area contributed by atoms with Crippen LogP contribution in [-0.2, 0) is 23.9 Å². The molecule has 1 aromatic rings. The summed E-state index contributed by atoms with van der Waals surface area (Å²) in [5.41, 5.74) is -0.920. The first-order valence-corrected chi connectivity index (χ1v) is 11.3. The summed E-state index contributed by atoms with van der Waals surface area (Å²) in [5.74, 6) is -0.918. The van der Waals surface area contributed by atoms with Crippen LogP contribution in [0, 0.1) is 28.1 Å². The molecular formula is C26H30O6. The molecule has 2 saturated carbocycles. The molecule has 0 aromatic carbocycles. The zero-order chi connectivity index (χ0) is 23.1. The van der Waals surface area contributed by atoms with Crippen molar-refractivity contribution >= 4 is 17.7 Å². The molecule has 6 atom stereocenters. The topological polar surface area (TPSA) is 82.8 Å². The van der Waals surface area contributed by atoms with Crippen molar-refractivity contribution in [2.45, 2.75) is 65.6 Å². The number of cyclic esters (lactones) is 2. The van der Waals surface area contributed by atoms with E-state index in [0.29, 0.717) is 0 Å². The molecule has 6 nitrogen and oxygen atoms in total. The van der Waals surface area contributed by atoms with Gasteiger partial charge in [0.25, 0.3) is 0 Å². The lowest BCUT2D eigenvalue weighted by atomic mass is 9.40. The maximum atomic E-state index is 13.9. The number of furan rings is 1. The Morgan fingerprint density at radius 1 is 1.00 bits per heavy atom. The van der Waals surface area contributed by atoms with Crippen molar-refractivity contribution in [3.05, 3.63) is 48.0 Å². The molecule has 6 heteroatoms. The highest BCUT2D eigenvalue weighted by atomic mass is 16.6. The number of rotatable bonds is 1. The lowest BCUT2D eigenvalue weighted by Gasteiger charge is -2.63. The standard InChI is InChI=1S/C26H30O6/c1-23(2)17-12-19(27)26(5)16(24(17,3)10-7-20(28)32-23)6-9-25(4)18(26)13-21(29)31-22(25)15-8-11-30-14-15/h7-8,10-11,13-14,16-17,22H,6,9,12H2,1-5H3/t16-,17-,22-,24+,25+,26+/m0/s1. The second kappa shape index (κ2) is 6.46. The van der Waals surface area contributed by atoms with Gasteiger partial charge in [0.2, 0.25) is 0 Å². The molecule has 5 rings (SSSR count). The Hall–Kier alpha value is -2.63. The molecule has 3 heterocycles. The summed E-state index contributed by atoms with van der Waals surface area (Å²) in [7, 11) is 0. The molecular weight excluding hydrogens is 408 g/mol. The van der Waals surface area contributed by atoms with Crippen LogP contribution in [0.1, 0.15) is 65.5 Å².